The number of aromatic nitrogens is 1. The highest BCUT2D eigenvalue weighted by atomic mass is 32.2. The number of nitrogens with zero attached hydrogens (tertiary/aromatic N) is 2. The molecule has 114 valence electrons. The van der Waals surface area contributed by atoms with Crippen LogP contribution in [0.15, 0.2) is 23.4 Å². The van der Waals surface area contributed by atoms with Gasteiger partial charge in [0.05, 0.1) is 5.69 Å². The molecule has 1 aromatic rings. The SMILES string of the molecule is CCCNc1ccncc1S(=O)(=O)N(C)C(C)CCC. The fourth-order valence-electron chi connectivity index (χ4n) is 1.98. The average molecular weight is 299 g/mol. The van der Waals surface area contributed by atoms with Crippen LogP contribution in [0.2, 0.25) is 0 Å². The highest BCUT2D eigenvalue weighted by molar-refractivity contribution is 7.89. The van der Waals surface area contributed by atoms with E-state index in [9.17, 15) is 8.42 Å². The van der Waals surface area contributed by atoms with Gasteiger partial charge in [0.15, 0.2) is 0 Å². The van der Waals surface area contributed by atoms with E-state index in [1.807, 2.05) is 13.8 Å². The van der Waals surface area contributed by atoms with Gasteiger partial charge in [-0.3, -0.25) is 4.98 Å². The first-order valence-corrected chi connectivity index (χ1v) is 8.55. The summed E-state index contributed by atoms with van der Waals surface area (Å²) in [6.07, 6.45) is 5.75. The van der Waals surface area contributed by atoms with Crippen LogP contribution >= 0.6 is 0 Å². The molecule has 0 radical (unpaired) electrons. The first kappa shape index (κ1) is 16.9. The lowest BCUT2D eigenvalue weighted by molar-refractivity contribution is 0.369. The van der Waals surface area contributed by atoms with Crippen molar-refractivity contribution in [3.05, 3.63) is 18.5 Å². The van der Waals surface area contributed by atoms with Crippen LogP contribution in [0.5, 0.6) is 0 Å². The maximum atomic E-state index is 12.7. The van der Waals surface area contributed by atoms with Crippen LogP contribution < -0.4 is 5.32 Å². The Kier molecular flexibility index (Phi) is 6.42. The Morgan fingerprint density at radius 1 is 1.35 bits per heavy atom. The van der Waals surface area contributed by atoms with Gasteiger partial charge >= 0.3 is 0 Å². The summed E-state index contributed by atoms with van der Waals surface area (Å²) in [6, 6.07) is 1.69. The van der Waals surface area contributed by atoms with Crippen LogP contribution in [0.1, 0.15) is 40.0 Å². The molecule has 1 unspecified atom stereocenters. The van der Waals surface area contributed by atoms with Crippen molar-refractivity contribution < 1.29 is 8.42 Å². The Labute approximate surface area is 122 Å². The zero-order chi connectivity index (χ0) is 15.2. The summed E-state index contributed by atoms with van der Waals surface area (Å²) < 4.78 is 26.8. The van der Waals surface area contributed by atoms with Gasteiger partial charge < -0.3 is 5.32 Å². The third-order valence-electron chi connectivity index (χ3n) is 3.33. The van der Waals surface area contributed by atoms with Gasteiger partial charge in [0, 0.05) is 32.0 Å². The lowest BCUT2D eigenvalue weighted by Gasteiger charge is -2.25. The summed E-state index contributed by atoms with van der Waals surface area (Å²) in [5.74, 6) is 0. The molecule has 6 heteroatoms. The molecule has 0 bridgehead atoms. The maximum Gasteiger partial charge on any atom is 0.246 e. The number of hydrogen-bond donors (Lipinski definition) is 1. The predicted molar refractivity (Wildman–Crippen MR) is 82.3 cm³/mol. The van der Waals surface area contributed by atoms with Gasteiger partial charge in [0.25, 0.3) is 0 Å². The maximum absolute atomic E-state index is 12.7. The molecular formula is C14H25N3O2S. The molecule has 1 rings (SSSR count). The molecule has 0 aliphatic heterocycles. The highest BCUT2D eigenvalue weighted by Gasteiger charge is 2.27. The van der Waals surface area contributed by atoms with Crippen molar-refractivity contribution in [3.63, 3.8) is 0 Å². The number of nitrogens with one attached hydrogen (secondary N) is 1. The zero-order valence-electron chi connectivity index (χ0n) is 12.8. The van der Waals surface area contributed by atoms with E-state index in [0.717, 1.165) is 25.8 Å². The van der Waals surface area contributed by atoms with Crippen molar-refractivity contribution in [3.8, 4) is 0 Å². The molecule has 20 heavy (non-hydrogen) atoms. The van der Waals surface area contributed by atoms with Crippen molar-refractivity contribution in [1.82, 2.24) is 9.29 Å². The molecule has 0 aromatic carbocycles. The summed E-state index contributed by atoms with van der Waals surface area (Å²) >= 11 is 0. The summed E-state index contributed by atoms with van der Waals surface area (Å²) in [6.45, 7) is 6.75. The summed E-state index contributed by atoms with van der Waals surface area (Å²) in [4.78, 5) is 4.21. The lowest BCUT2D eigenvalue weighted by atomic mass is 10.2. The first-order valence-electron chi connectivity index (χ1n) is 7.11. The number of anilines is 1. The minimum Gasteiger partial charge on any atom is -0.384 e. The molecule has 0 amide bonds. The normalized spacial score (nSPS) is 13.4. The quantitative estimate of drug-likeness (QED) is 0.801. The Bertz CT molecular complexity index is 517. The number of sulfonamides is 1. The summed E-state index contributed by atoms with van der Waals surface area (Å²) in [5, 5.41) is 3.15. The van der Waals surface area contributed by atoms with Crippen LogP contribution in [-0.4, -0.2) is 37.3 Å². The predicted octanol–water partition coefficient (Wildman–Crippen LogP) is 2.71. The Balaban J connectivity index is 3.08. The van der Waals surface area contributed by atoms with Gasteiger partial charge in [-0.2, -0.15) is 4.31 Å². The van der Waals surface area contributed by atoms with Crippen LogP contribution in [-0.2, 0) is 10.0 Å². The number of hydrogen-bond acceptors (Lipinski definition) is 4. The Hall–Kier alpha value is -1.14. The molecule has 0 saturated carbocycles. The smallest absolute Gasteiger partial charge is 0.246 e. The molecule has 1 atom stereocenters. The van der Waals surface area contributed by atoms with Gasteiger partial charge in [-0.1, -0.05) is 20.3 Å². The van der Waals surface area contributed by atoms with Gasteiger partial charge in [0.1, 0.15) is 4.90 Å². The van der Waals surface area contributed by atoms with Gasteiger partial charge in [-0.05, 0) is 25.8 Å². The second-order valence-electron chi connectivity index (χ2n) is 4.96. The average Bonchev–Trinajstić information content (AvgIpc) is 2.44. The molecule has 0 aliphatic carbocycles. The second kappa shape index (κ2) is 7.59. The van der Waals surface area contributed by atoms with E-state index in [1.54, 1.807) is 19.3 Å². The molecular weight excluding hydrogens is 274 g/mol. The number of rotatable bonds is 8. The van der Waals surface area contributed by atoms with Crippen LogP contribution in [0.25, 0.3) is 0 Å². The molecule has 5 nitrogen and oxygen atoms in total. The van der Waals surface area contributed by atoms with Crippen molar-refractivity contribution in [2.45, 2.75) is 51.0 Å². The van der Waals surface area contributed by atoms with Gasteiger partial charge in [0.2, 0.25) is 10.0 Å². The molecule has 1 N–H and O–H groups in total. The molecule has 1 aromatic heterocycles. The molecule has 0 spiro atoms. The highest BCUT2D eigenvalue weighted by Crippen LogP contribution is 2.24. The largest absolute Gasteiger partial charge is 0.384 e. The van der Waals surface area contributed by atoms with E-state index < -0.39 is 10.0 Å². The Morgan fingerprint density at radius 3 is 2.65 bits per heavy atom. The van der Waals surface area contributed by atoms with Crippen LogP contribution in [0.4, 0.5) is 5.69 Å². The Morgan fingerprint density at radius 2 is 2.05 bits per heavy atom. The molecule has 0 aliphatic rings. The van der Waals surface area contributed by atoms with E-state index in [0.29, 0.717) is 5.69 Å². The van der Waals surface area contributed by atoms with E-state index in [1.165, 1.54) is 10.5 Å². The van der Waals surface area contributed by atoms with Crippen LogP contribution in [0.3, 0.4) is 0 Å². The van der Waals surface area contributed by atoms with Crippen LogP contribution in [0, 0.1) is 0 Å². The third kappa shape index (κ3) is 3.93. The minimum atomic E-state index is -3.51. The van der Waals surface area contributed by atoms with E-state index in [2.05, 4.69) is 17.2 Å². The van der Waals surface area contributed by atoms with Crippen molar-refractivity contribution in [2.24, 2.45) is 0 Å². The van der Waals surface area contributed by atoms with E-state index in [4.69, 9.17) is 0 Å². The van der Waals surface area contributed by atoms with Gasteiger partial charge in [-0.15, -0.1) is 0 Å². The van der Waals surface area contributed by atoms with Crippen molar-refractivity contribution in [1.29, 1.82) is 0 Å². The standard InChI is InChI=1S/C14H25N3O2S/c1-5-7-12(3)17(4)20(18,19)14-11-15-10-8-13(14)16-9-6-2/h8,10-12H,5-7,9H2,1-4H3,(H,15,16). The second-order valence-corrected chi connectivity index (χ2v) is 6.92. The van der Waals surface area contributed by atoms with E-state index in [-0.39, 0.29) is 10.9 Å². The fraction of sp³-hybridized carbons (Fsp3) is 0.643. The topological polar surface area (TPSA) is 62.3 Å². The van der Waals surface area contributed by atoms with E-state index >= 15 is 0 Å². The monoisotopic (exact) mass is 299 g/mol. The molecule has 0 fully saturated rings. The number of pyridine rings is 1. The lowest BCUT2D eigenvalue weighted by Crippen LogP contribution is -2.35. The molecule has 0 saturated heterocycles. The van der Waals surface area contributed by atoms with Gasteiger partial charge in [-0.25, -0.2) is 8.42 Å². The minimum absolute atomic E-state index is 0.0239. The zero-order valence-corrected chi connectivity index (χ0v) is 13.6. The summed E-state index contributed by atoms with van der Waals surface area (Å²) in [5.41, 5.74) is 0.623. The first-order chi connectivity index (χ1) is 9.45. The van der Waals surface area contributed by atoms with Crippen molar-refractivity contribution in [2.75, 3.05) is 18.9 Å². The van der Waals surface area contributed by atoms with Crippen molar-refractivity contribution >= 4 is 15.7 Å². The third-order valence-corrected chi connectivity index (χ3v) is 5.33. The fourth-order valence-corrected chi connectivity index (χ4v) is 3.48. The summed E-state index contributed by atoms with van der Waals surface area (Å²) in [7, 11) is -1.88. The molecule has 1 heterocycles.